The van der Waals surface area contributed by atoms with E-state index >= 15 is 0 Å². The molecular weight excluding hydrogens is 198 g/mol. The zero-order valence-electron chi connectivity index (χ0n) is 9.19. The third-order valence-electron chi connectivity index (χ3n) is 2.28. The van der Waals surface area contributed by atoms with Crippen LogP contribution in [-0.2, 0) is 9.59 Å². The molecule has 0 rings (SSSR count). The summed E-state index contributed by atoms with van der Waals surface area (Å²) >= 11 is 0. The lowest BCUT2D eigenvalue weighted by Crippen LogP contribution is -2.41. The highest BCUT2D eigenvalue weighted by Gasteiger charge is 2.19. The second-order valence-electron chi connectivity index (χ2n) is 3.69. The molecule has 0 aromatic heterocycles. The van der Waals surface area contributed by atoms with Crippen LogP contribution in [0.15, 0.2) is 0 Å². The van der Waals surface area contributed by atoms with Gasteiger partial charge in [-0.15, -0.1) is 0 Å². The Hall–Kier alpha value is -1.10. The molecule has 0 aromatic rings. The molecule has 0 spiro atoms. The van der Waals surface area contributed by atoms with Crippen molar-refractivity contribution in [3.8, 4) is 0 Å². The van der Waals surface area contributed by atoms with Crippen molar-refractivity contribution in [2.24, 2.45) is 5.92 Å². The van der Waals surface area contributed by atoms with Crippen LogP contribution in [0.2, 0.25) is 0 Å². The SMILES string of the molecule is CCC(C)CC(=O)N[C@H](CCO)C(=O)O. The Bertz CT molecular complexity index is 217. The van der Waals surface area contributed by atoms with Crippen molar-refractivity contribution in [2.45, 2.75) is 39.2 Å². The van der Waals surface area contributed by atoms with Crippen molar-refractivity contribution in [1.82, 2.24) is 5.32 Å². The average Bonchev–Trinajstić information content (AvgIpc) is 2.16. The van der Waals surface area contributed by atoms with Crippen molar-refractivity contribution < 1.29 is 19.8 Å². The number of hydrogen-bond acceptors (Lipinski definition) is 3. The van der Waals surface area contributed by atoms with E-state index in [0.29, 0.717) is 6.42 Å². The fourth-order valence-electron chi connectivity index (χ4n) is 1.10. The van der Waals surface area contributed by atoms with E-state index in [0.717, 1.165) is 6.42 Å². The van der Waals surface area contributed by atoms with Crippen LogP contribution >= 0.6 is 0 Å². The minimum atomic E-state index is -1.11. The molecule has 0 radical (unpaired) electrons. The molecule has 0 saturated heterocycles. The fraction of sp³-hybridized carbons (Fsp3) is 0.800. The summed E-state index contributed by atoms with van der Waals surface area (Å²) < 4.78 is 0. The van der Waals surface area contributed by atoms with Gasteiger partial charge in [-0.05, 0) is 5.92 Å². The van der Waals surface area contributed by atoms with E-state index < -0.39 is 12.0 Å². The maximum atomic E-state index is 11.3. The first kappa shape index (κ1) is 13.9. The zero-order chi connectivity index (χ0) is 11.8. The first-order valence-electron chi connectivity index (χ1n) is 5.14. The Morgan fingerprint density at radius 3 is 2.40 bits per heavy atom. The van der Waals surface area contributed by atoms with Gasteiger partial charge < -0.3 is 15.5 Å². The Morgan fingerprint density at radius 2 is 2.00 bits per heavy atom. The number of aliphatic carboxylic acids is 1. The van der Waals surface area contributed by atoms with Crippen molar-refractivity contribution in [3.05, 3.63) is 0 Å². The highest BCUT2D eigenvalue weighted by atomic mass is 16.4. The van der Waals surface area contributed by atoms with Gasteiger partial charge in [0.1, 0.15) is 6.04 Å². The average molecular weight is 217 g/mol. The van der Waals surface area contributed by atoms with Gasteiger partial charge in [0.2, 0.25) is 5.91 Å². The van der Waals surface area contributed by atoms with E-state index in [2.05, 4.69) is 5.32 Å². The van der Waals surface area contributed by atoms with Gasteiger partial charge in [-0.2, -0.15) is 0 Å². The van der Waals surface area contributed by atoms with Crippen LogP contribution in [0, 0.1) is 5.92 Å². The van der Waals surface area contributed by atoms with Crippen LogP contribution in [0.4, 0.5) is 0 Å². The molecule has 0 aliphatic heterocycles. The van der Waals surface area contributed by atoms with Gasteiger partial charge in [0, 0.05) is 19.4 Å². The molecule has 5 heteroatoms. The normalized spacial score (nSPS) is 14.3. The molecule has 0 saturated carbocycles. The Morgan fingerprint density at radius 1 is 1.40 bits per heavy atom. The molecule has 0 bridgehead atoms. The molecule has 0 heterocycles. The lowest BCUT2D eigenvalue weighted by atomic mass is 10.0. The lowest BCUT2D eigenvalue weighted by Gasteiger charge is -2.14. The molecule has 1 amide bonds. The summed E-state index contributed by atoms with van der Waals surface area (Å²) in [6.45, 7) is 3.66. The van der Waals surface area contributed by atoms with Crippen LogP contribution in [0.1, 0.15) is 33.1 Å². The molecule has 0 aliphatic rings. The van der Waals surface area contributed by atoms with Crippen molar-refractivity contribution in [3.63, 3.8) is 0 Å². The van der Waals surface area contributed by atoms with Gasteiger partial charge in [-0.3, -0.25) is 4.79 Å². The van der Waals surface area contributed by atoms with Crippen LogP contribution < -0.4 is 5.32 Å². The Balaban J connectivity index is 4.05. The minimum absolute atomic E-state index is 0.0432. The van der Waals surface area contributed by atoms with Gasteiger partial charge in [0.05, 0.1) is 0 Å². The maximum absolute atomic E-state index is 11.3. The highest BCUT2D eigenvalue weighted by molar-refractivity contribution is 5.83. The molecule has 3 N–H and O–H groups in total. The number of amides is 1. The van der Waals surface area contributed by atoms with Crippen LogP contribution in [0.3, 0.4) is 0 Å². The van der Waals surface area contributed by atoms with Gasteiger partial charge in [-0.25, -0.2) is 4.79 Å². The Labute approximate surface area is 89.5 Å². The van der Waals surface area contributed by atoms with E-state index in [1.54, 1.807) is 0 Å². The lowest BCUT2D eigenvalue weighted by molar-refractivity contribution is -0.142. The predicted molar refractivity (Wildman–Crippen MR) is 55.3 cm³/mol. The molecule has 0 fully saturated rings. The minimum Gasteiger partial charge on any atom is -0.480 e. The molecule has 88 valence electrons. The van der Waals surface area contributed by atoms with Gasteiger partial charge in [0.25, 0.3) is 0 Å². The topological polar surface area (TPSA) is 86.6 Å². The second-order valence-corrected chi connectivity index (χ2v) is 3.69. The standard InChI is InChI=1S/C10H19NO4/c1-3-7(2)6-9(13)11-8(4-5-12)10(14)15/h7-8,12H,3-6H2,1-2H3,(H,11,13)(H,14,15)/t7?,8-/m1/s1. The molecule has 5 nitrogen and oxygen atoms in total. The molecule has 2 atom stereocenters. The third-order valence-corrected chi connectivity index (χ3v) is 2.28. The number of hydrogen-bond donors (Lipinski definition) is 3. The zero-order valence-corrected chi connectivity index (χ0v) is 9.19. The summed E-state index contributed by atoms with van der Waals surface area (Å²) in [4.78, 5) is 22.0. The van der Waals surface area contributed by atoms with E-state index in [4.69, 9.17) is 10.2 Å². The summed E-state index contributed by atoms with van der Waals surface area (Å²) in [5.41, 5.74) is 0. The first-order chi connectivity index (χ1) is 7.01. The monoisotopic (exact) mass is 217 g/mol. The van der Waals surface area contributed by atoms with Crippen molar-refractivity contribution >= 4 is 11.9 Å². The smallest absolute Gasteiger partial charge is 0.326 e. The number of nitrogens with one attached hydrogen (secondary N) is 1. The van der Waals surface area contributed by atoms with E-state index in [9.17, 15) is 9.59 Å². The number of aliphatic hydroxyl groups excluding tert-OH is 1. The van der Waals surface area contributed by atoms with Gasteiger partial charge in [-0.1, -0.05) is 20.3 Å². The Kier molecular flexibility index (Phi) is 6.70. The number of carbonyl (C=O) groups excluding carboxylic acids is 1. The van der Waals surface area contributed by atoms with Crippen molar-refractivity contribution in [2.75, 3.05) is 6.61 Å². The van der Waals surface area contributed by atoms with E-state index in [1.165, 1.54) is 0 Å². The summed E-state index contributed by atoms with van der Waals surface area (Å²) in [5.74, 6) is -1.14. The molecular formula is C10H19NO4. The summed E-state index contributed by atoms with van der Waals surface area (Å²) in [7, 11) is 0. The number of aliphatic hydroxyl groups is 1. The second kappa shape index (κ2) is 7.23. The molecule has 1 unspecified atom stereocenters. The van der Waals surface area contributed by atoms with Crippen LogP contribution in [0.25, 0.3) is 0 Å². The molecule has 0 aliphatic carbocycles. The summed E-state index contributed by atoms with van der Waals surface area (Å²) in [6.07, 6.45) is 1.25. The molecule has 15 heavy (non-hydrogen) atoms. The predicted octanol–water partition coefficient (Wildman–Crippen LogP) is 0.374. The number of carbonyl (C=O) groups is 2. The number of carboxylic acids is 1. The highest BCUT2D eigenvalue weighted by Crippen LogP contribution is 2.06. The van der Waals surface area contributed by atoms with Crippen molar-refractivity contribution in [1.29, 1.82) is 0 Å². The van der Waals surface area contributed by atoms with Crippen LogP contribution in [0.5, 0.6) is 0 Å². The first-order valence-corrected chi connectivity index (χ1v) is 5.14. The fourth-order valence-corrected chi connectivity index (χ4v) is 1.10. The number of rotatable bonds is 7. The maximum Gasteiger partial charge on any atom is 0.326 e. The molecule has 0 aromatic carbocycles. The quantitative estimate of drug-likeness (QED) is 0.575. The van der Waals surface area contributed by atoms with E-state index in [-0.39, 0.29) is 24.9 Å². The summed E-state index contributed by atoms with van der Waals surface area (Å²) in [6, 6.07) is -0.980. The van der Waals surface area contributed by atoms with Gasteiger partial charge >= 0.3 is 5.97 Å². The van der Waals surface area contributed by atoms with E-state index in [1.807, 2.05) is 13.8 Å². The summed E-state index contributed by atoms with van der Waals surface area (Å²) in [5, 5.41) is 19.7. The van der Waals surface area contributed by atoms with Gasteiger partial charge in [0.15, 0.2) is 0 Å². The van der Waals surface area contributed by atoms with Crippen LogP contribution in [-0.4, -0.2) is 34.7 Å². The number of carboxylic acid groups (broad SMARTS) is 1. The largest absolute Gasteiger partial charge is 0.480 e. The third kappa shape index (κ3) is 6.06.